The molecule has 1 saturated carbocycles. The molecule has 19 heavy (non-hydrogen) atoms. The molecular weight excluding hydrogens is 260 g/mol. The molecule has 1 aromatic rings. The quantitative estimate of drug-likeness (QED) is 0.912. The Morgan fingerprint density at radius 1 is 1.58 bits per heavy atom. The van der Waals surface area contributed by atoms with E-state index in [1.165, 1.54) is 6.92 Å². The topological polar surface area (TPSA) is 63.4 Å². The van der Waals surface area contributed by atoms with Gasteiger partial charge in [-0.25, -0.2) is 8.42 Å². The van der Waals surface area contributed by atoms with Gasteiger partial charge in [0.15, 0.2) is 0 Å². The zero-order chi connectivity index (χ0) is 27.7. The van der Waals surface area contributed by atoms with Crippen LogP contribution in [0.4, 0.5) is 0 Å². The minimum absolute atomic E-state index is 0.164. The van der Waals surface area contributed by atoms with E-state index in [-0.39, 0.29) is 5.56 Å². The van der Waals surface area contributed by atoms with E-state index in [4.69, 9.17) is 22.0 Å². The Kier molecular flexibility index (Phi) is 0.977. The lowest BCUT2D eigenvalue weighted by molar-refractivity contribution is 0.247. The Bertz CT molecular complexity index is 1220. The SMILES string of the molecule is [2H]c1cc(S(=O)(=O)N2C([2H])([2H])[C@]3([2H])C([2H])([2H])[C@]3([2H])C([2H])([2H])[C@@]2([2H])C([2H])([2H])N([2H])[2H])c([2H])c([2H])c1C. The van der Waals surface area contributed by atoms with Crippen molar-refractivity contribution in [1.82, 2.24) is 4.31 Å². The van der Waals surface area contributed by atoms with Crippen molar-refractivity contribution in [2.24, 2.45) is 17.5 Å². The molecule has 1 heterocycles. The fraction of sp³-hybridized carbons (Fsp3) is 0.571. The predicted octanol–water partition coefficient (Wildman–Crippen LogP) is 1.35. The van der Waals surface area contributed by atoms with Crippen LogP contribution >= 0.6 is 0 Å². The van der Waals surface area contributed by atoms with E-state index in [0.29, 0.717) is 6.07 Å². The minimum Gasteiger partial charge on any atom is -0.329 e. The van der Waals surface area contributed by atoms with Gasteiger partial charge in [-0.1, -0.05) is 17.6 Å². The first-order chi connectivity index (χ1) is 15.3. The molecule has 0 spiro atoms. The highest BCUT2D eigenvalue weighted by atomic mass is 32.2. The summed E-state index contributed by atoms with van der Waals surface area (Å²) in [5.41, 5.74) is -1.10. The summed E-state index contributed by atoms with van der Waals surface area (Å²) in [7, 11) is -5.88. The lowest BCUT2D eigenvalue weighted by Crippen LogP contribution is -2.48. The highest BCUT2D eigenvalue weighted by molar-refractivity contribution is 7.89. The molecule has 104 valence electrons. The Hall–Kier alpha value is -0.910. The molecule has 0 aromatic heterocycles. The highest BCUT2D eigenvalue weighted by Crippen LogP contribution is 2.48. The largest absolute Gasteiger partial charge is 0.329 e. The lowest BCUT2D eigenvalue weighted by Gasteiger charge is -2.33. The van der Waals surface area contributed by atoms with Crippen LogP contribution < -0.4 is 5.72 Å². The summed E-state index contributed by atoms with van der Waals surface area (Å²) in [5.74, 6) is -7.15. The number of nitrogens with zero attached hydrogens (tertiary/aromatic N) is 1. The van der Waals surface area contributed by atoms with E-state index in [1.807, 2.05) is 0 Å². The van der Waals surface area contributed by atoms with Gasteiger partial charge in [0.05, 0.1) is 9.01 Å². The van der Waals surface area contributed by atoms with Gasteiger partial charge in [-0.2, -0.15) is 4.31 Å². The molecule has 1 aliphatic heterocycles. The van der Waals surface area contributed by atoms with Crippen molar-refractivity contribution in [3.05, 3.63) is 29.8 Å². The van der Waals surface area contributed by atoms with Gasteiger partial charge < -0.3 is 5.72 Å². The van der Waals surface area contributed by atoms with E-state index < -0.39 is 86.6 Å². The van der Waals surface area contributed by atoms with Crippen LogP contribution in [0.2, 0.25) is 2.82 Å². The van der Waals surface area contributed by atoms with Crippen LogP contribution in [-0.4, -0.2) is 31.7 Å². The highest BCUT2D eigenvalue weighted by Gasteiger charge is 2.48. The minimum atomic E-state index is -5.88. The lowest BCUT2D eigenvalue weighted by atomic mass is 10.1. The molecule has 0 bridgehead atoms. The van der Waals surface area contributed by atoms with Crippen LogP contribution in [0, 0.1) is 18.7 Å². The first-order valence-electron chi connectivity index (χ1n) is 13.1. The average molecular weight is 296 g/mol. The summed E-state index contributed by atoms with van der Waals surface area (Å²) in [6.45, 7) is -6.95. The zero-order valence-corrected chi connectivity index (χ0v) is 10.5. The van der Waals surface area contributed by atoms with Crippen LogP contribution in [0.25, 0.3) is 0 Å². The Morgan fingerprint density at radius 2 is 2.42 bits per heavy atom. The van der Waals surface area contributed by atoms with Crippen molar-refractivity contribution in [2.75, 3.05) is 13.0 Å². The van der Waals surface area contributed by atoms with Gasteiger partial charge >= 0.3 is 0 Å². The van der Waals surface area contributed by atoms with E-state index >= 15 is 0 Å². The molecule has 1 aliphatic carbocycles. The molecule has 4 nitrogen and oxygen atoms in total. The van der Waals surface area contributed by atoms with Gasteiger partial charge in [-0.3, -0.25) is 0 Å². The third-order valence-electron chi connectivity index (χ3n) is 2.51. The summed E-state index contributed by atoms with van der Waals surface area (Å²) in [6, 6.07) is -6.40. The number of hydrogen-bond donors (Lipinski definition) is 1. The van der Waals surface area contributed by atoms with Gasteiger partial charge in [0.25, 0.3) is 0 Å². The standard InChI is InChI=1S/C14H20N2O2S/c1-10-2-4-14(5-3-10)19(17,18)16-9-12-6-11(12)7-13(16)8-15/h2-5,11-13H,6-9,15H2,1H3/t11-,12+,13+/m1/s1/i2D,3D,4D,6D2,7D2,8D2,9D2,11D,12D,13D/hD2. The van der Waals surface area contributed by atoms with Gasteiger partial charge in [0.1, 0.15) is 2.82 Å². The van der Waals surface area contributed by atoms with Crippen molar-refractivity contribution in [3.8, 4) is 0 Å². The summed E-state index contributed by atoms with van der Waals surface area (Å²) in [4.78, 5) is -1.34. The Morgan fingerprint density at radius 3 is 3.21 bits per heavy atom. The summed E-state index contributed by atoms with van der Waals surface area (Å²) >= 11 is 0. The first-order valence-corrected chi connectivity index (χ1v) is 6.66. The number of hydrogen-bond acceptors (Lipinski definition) is 3. The van der Waals surface area contributed by atoms with E-state index in [2.05, 4.69) is 0 Å². The van der Waals surface area contributed by atoms with Crippen molar-refractivity contribution in [1.29, 1.82) is 0 Å². The third kappa shape index (κ3) is 2.30. The molecular formula is C14H20N2O2S. The van der Waals surface area contributed by atoms with E-state index in [1.54, 1.807) is 0 Å². The normalized spacial score (nSPS) is 63.7. The predicted molar refractivity (Wildman–Crippen MR) is 74.1 cm³/mol. The molecule has 2 aliphatic rings. The Balaban J connectivity index is 2.55. The van der Waals surface area contributed by atoms with Gasteiger partial charge in [0, 0.05) is 34.1 Å². The molecule has 0 unspecified atom stereocenters. The van der Waals surface area contributed by atoms with Crippen molar-refractivity contribution in [2.45, 2.75) is 30.6 Å². The summed E-state index contributed by atoms with van der Waals surface area (Å²) in [6.07, 6.45) is -7.57. The summed E-state index contributed by atoms with van der Waals surface area (Å²) < 4.78 is 156. The van der Waals surface area contributed by atoms with Gasteiger partial charge in [-0.05, 0) is 43.6 Å². The third-order valence-corrected chi connectivity index (χ3v) is 4.04. The maximum Gasteiger partial charge on any atom is 0.243 e. The fourth-order valence-electron chi connectivity index (χ4n) is 1.49. The van der Waals surface area contributed by atoms with Crippen LogP contribution in [0.15, 0.2) is 29.1 Å². The molecule has 3 atom stereocenters. The summed E-state index contributed by atoms with van der Waals surface area (Å²) in [5, 5.41) is 0. The Labute approximate surface area is 137 Å². The number of benzene rings is 1. The molecule has 0 radical (unpaired) electrons. The van der Waals surface area contributed by atoms with Crippen LogP contribution in [-0.2, 0) is 10.0 Å². The second kappa shape index (κ2) is 4.58. The molecule has 5 heteroatoms. The van der Waals surface area contributed by atoms with Crippen LogP contribution in [0.1, 0.15) is 37.5 Å². The zero-order valence-electron chi connectivity index (χ0n) is 25.7. The molecule has 3 rings (SSSR count). The molecule has 2 fully saturated rings. The fourth-order valence-corrected chi connectivity index (χ4v) is 2.61. The van der Waals surface area contributed by atoms with Crippen molar-refractivity contribution in [3.63, 3.8) is 0 Å². The molecule has 0 amide bonds. The molecule has 1 aromatic carbocycles. The maximum atomic E-state index is 13.8. The maximum absolute atomic E-state index is 13.8. The average Bonchev–Trinajstić information content (AvgIpc) is 3.09. The van der Waals surface area contributed by atoms with E-state index in [9.17, 15) is 8.42 Å². The van der Waals surface area contributed by atoms with Crippen molar-refractivity contribution >= 4 is 10.0 Å². The number of sulfonamides is 1. The second-order valence-corrected chi connectivity index (χ2v) is 5.62. The number of piperidine rings is 1. The molecule has 1 saturated heterocycles. The smallest absolute Gasteiger partial charge is 0.243 e. The monoisotopic (exact) mass is 296 g/mol. The first kappa shape index (κ1) is 4.06. The number of rotatable bonds is 4. The van der Waals surface area contributed by atoms with Gasteiger partial charge in [0.2, 0.25) is 10.0 Å². The van der Waals surface area contributed by atoms with Crippen LogP contribution in [0.5, 0.6) is 0 Å². The number of nitrogens with two attached hydrogens (primary N) is 1. The number of fused-ring (bicyclic) bond motifs is 1. The second-order valence-electron chi connectivity index (χ2n) is 3.87. The van der Waals surface area contributed by atoms with E-state index in [0.717, 1.165) is 0 Å². The van der Waals surface area contributed by atoms with Crippen molar-refractivity contribution < 1.29 is 30.4 Å². The molecule has 2 N–H and O–H groups in total. The van der Waals surface area contributed by atoms with Crippen LogP contribution in [0.3, 0.4) is 0 Å². The van der Waals surface area contributed by atoms with Gasteiger partial charge in [-0.15, -0.1) is 0 Å².